The molecule has 1 aliphatic rings. The van der Waals surface area contributed by atoms with Gasteiger partial charge in [0.15, 0.2) is 0 Å². The number of carbonyl (C=O) groups excluding carboxylic acids is 1. The molecular formula is C16H8Cl2N2O5. The van der Waals surface area contributed by atoms with Crippen LogP contribution in [0, 0.1) is 10.1 Å². The van der Waals surface area contributed by atoms with E-state index in [0.717, 1.165) is 6.07 Å². The quantitative estimate of drug-likeness (QED) is 0.377. The van der Waals surface area contributed by atoms with Gasteiger partial charge in [-0.05, 0) is 24.3 Å². The summed E-state index contributed by atoms with van der Waals surface area (Å²) in [6.07, 6.45) is 1.25. The summed E-state index contributed by atoms with van der Waals surface area (Å²) < 4.78 is 0. The molecule has 0 saturated carbocycles. The largest absolute Gasteiger partial charge is 0.502 e. The molecule has 0 bridgehead atoms. The number of para-hydroxylation sites is 1. The van der Waals surface area contributed by atoms with Crippen LogP contribution < -0.4 is 0 Å². The number of hydrogen-bond donors (Lipinski definition) is 1. The van der Waals surface area contributed by atoms with Crippen molar-refractivity contribution in [1.82, 2.24) is 0 Å². The standard InChI is InChI=1S/C16H8Cl2N2O5/c17-9-4-5-10(12(18)7-9)14-11(16(22)25-19-14)6-8-2-1-3-13(15(8)21)20(23)24/h1-7,21H. The lowest BCUT2D eigenvalue weighted by Crippen LogP contribution is -2.07. The molecule has 9 heteroatoms. The maximum absolute atomic E-state index is 12.0. The van der Waals surface area contributed by atoms with Crippen LogP contribution in [-0.4, -0.2) is 21.7 Å². The highest BCUT2D eigenvalue weighted by atomic mass is 35.5. The summed E-state index contributed by atoms with van der Waals surface area (Å²) in [4.78, 5) is 26.9. The second-order valence-corrected chi connectivity index (χ2v) is 5.82. The molecule has 2 aromatic rings. The van der Waals surface area contributed by atoms with Crippen molar-refractivity contribution in [3.63, 3.8) is 0 Å². The van der Waals surface area contributed by atoms with Crippen molar-refractivity contribution in [2.45, 2.75) is 0 Å². The van der Waals surface area contributed by atoms with Crippen LogP contribution in [0.3, 0.4) is 0 Å². The molecule has 0 spiro atoms. The number of aromatic hydroxyl groups is 1. The zero-order valence-electron chi connectivity index (χ0n) is 12.3. The van der Waals surface area contributed by atoms with Crippen molar-refractivity contribution < 1.29 is 19.7 Å². The third-order valence-electron chi connectivity index (χ3n) is 3.42. The Balaban J connectivity index is 2.10. The highest BCUT2D eigenvalue weighted by Gasteiger charge is 2.29. The summed E-state index contributed by atoms with van der Waals surface area (Å²) in [5.74, 6) is -1.34. The van der Waals surface area contributed by atoms with Gasteiger partial charge in [-0.2, -0.15) is 0 Å². The van der Waals surface area contributed by atoms with Crippen LogP contribution in [0.1, 0.15) is 11.1 Å². The van der Waals surface area contributed by atoms with E-state index in [-0.39, 0.29) is 21.9 Å². The molecule has 0 unspecified atom stereocenters. The molecule has 7 nitrogen and oxygen atoms in total. The van der Waals surface area contributed by atoms with Crippen LogP contribution in [0.25, 0.3) is 6.08 Å². The van der Waals surface area contributed by atoms with Gasteiger partial charge in [-0.25, -0.2) is 4.79 Å². The van der Waals surface area contributed by atoms with E-state index in [1.54, 1.807) is 12.1 Å². The molecule has 0 saturated heterocycles. The van der Waals surface area contributed by atoms with Gasteiger partial charge in [-0.15, -0.1) is 0 Å². The fourth-order valence-electron chi connectivity index (χ4n) is 2.25. The zero-order valence-corrected chi connectivity index (χ0v) is 13.8. The van der Waals surface area contributed by atoms with Crippen LogP contribution >= 0.6 is 23.2 Å². The van der Waals surface area contributed by atoms with Crippen LogP contribution in [0.5, 0.6) is 5.75 Å². The van der Waals surface area contributed by atoms with E-state index in [9.17, 15) is 20.0 Å². The summed E-state index contributed by atoms with van der Waals surface area (Å²) in [7, 11) is 0. The Morgan fingerprint density at radius 2 is 2.00 bits per heavy atom. The van der Waals surface area contributed by atoms with Crippen LogP contribution in [0.2, 0.25) is 10.0 Å². The Kier molecular flexibility index (Phi) is 4.43. The molecule has 0 atom stereocenters. The first kappa shape index (κ1) is 16.9. The molecule has 3 rings (SSSR count). The molecule has 0 aliphatic carbocycles. The summed E-state index contributed by atoms with van der Waals surface area (Å²) in [5.41, 5.74) is 0.121. The highest BCUT2D eigenvalue weighted by molar-refractivity contribution is 6.40. The second-order valence-electron chi connectivity index (χ2n) is 4.97. The van der Waals surface area contributed by atoms with E-state index in [1.807, 2.05) is 0 Å². The number of rotatable bonds is 3. The van der Waals surface area contributed by atoms with Gasteiger partial charge in [0.25, 0.3) is 0 Å². The first-order valence-electron chi connectivity index (χ1n) is 6.81. The Bertz CT molecular complexity index is 969. The van der Waals surface area contributed by atoms with Crippen LogP contribution in [-0.2, 0) is 9.63 Å². The maximum Gasteiger partial charge on any atom is 0.368 e. The number of phenolic OH excluding ortho intramolecular Hbond substituents is 1. The Labute approximate surface area is 150 Å². The monoisotopic (exact) mass is 378 g/mol. The van der Waals surface area contributed by atoms with Gasteiger partial charge in [0, 0.05) is 22.2 Å². The second kappa shape index (κ2) is 6.54. The lowest BCUT2D eigenvalue weighted by molar-refractivity contribution is -0.385. The maximum atomic E-state index is 12.0. The Hall–Kier alpha value is -2.90. The van der Waals surface area contributed by atoms with E-state index >= 15 is 0 Å². The molecule has 0 radical (unpaired) electrons. The molecule has 2 aromatic carbocycles. The minimum atomic E-state index is -0.771. The number of nitrogens with zero attached hydrogens (tertiary/aromatic N) is 2. The molecule has 1 heterocycles. The molecule has 1 N–H and O–H groups in total. The summed E-state index contributed by atoms with van der Waals surface area (Å²) in [6, 6.07) is 8.56. The number of carbonyl (C=O) groups is 1. The van der Waals surface area contributed by atoms with E-state index in [0.29, 0.717) is 10.6 Å². The van der Waals surface area contributed by atoms with Gasteiger partial charge >= 0.3 is 11.7 Å². The average molecular weight is 379 g/mol. The number of phenols is 1. The first-order valence-corrected chi connectivity index (χ1v) is 7.57. The lowest BCUT2D eigenvalue weighted by Gasteiger charge is -2.05. The highest BCUT2D eigenvalue weighted by Crippen LogP contribution is 2.33. The smallest absolute Gasteiger partial charge is 0.368 e. The normalized spacial score (nSPS) is 15.2. The number of nitro benzene ring substituents is 1. The molecule has 126 valence electrons. The Morgan fingerprint density at radius 1 is 1.24 bits per heavy atom. The first-order chi connectivity index (χ1) is 11.9. The van der Waals surface area contributed by atoms with Crippen molar-refractivity contribution in [2.75, 3.05) is 0 Å². The van der Waals surface area contributed by atoms with Crippen molar-refractivity contribution in [3.8, 4) is 5.75 Å². The molecule has 1 aliphatic heterocycles. The molecule has 0 amide bonds. The topological polar surface area (TPSA) is 102 Å². The van der Waals surface area contributed by atoms with Gasteiger partial charge in [0.05, 0.1) is 15.5 Å². The number of nitro groups is 1. The van der Waals surface area contributed by atoms with Gasteiger partial charge in [0.1, 0.15) is 5.71 Å². The molecule has 0 fully saturated rings. The lowest BCUT2D eigenvalue weighted by atomic mass is 10.00. The summed E-state index contributed by atoms with van der Waals surface area (Å²) in [5, 5.41) is 25.3. The van der Waals surface area contributed by atoms with E-state index in [2.05, 4.69) is 9.99 Å². The predicted molar refractivity (Wildman–Crippen MR) is 91.8 cm³/mol. The van der Waals surface area contributed by atoms with E-state index < -0.39 is 22.3 Å². The van der Waals surface area contributed by atoms with Crippen molar-refractivity contribution in [3.05, 3.63) is 73.3 Å². The zero-order chi connectivity index (χ0) is 18.1. The van der Waals surface area contributed by atoms with E-state index in [4.69, 9.17) is 23.2 Å². The predicted octanol–water partition coefficient (Wildman–Crippen LogP) is 3.95. The summed E-state index contributed by atoms with van der Waals surface area (Å²) in [6.45, 7) is 0. The minimum Gasteiger partial charge on any atom is -0.502 e. The molecular weight excluding hydrogens is 371 g/mol. The van der Waals surface area contributed by atoms with Crippen LogP contribution in [0.4, 0.5) is 5.69 Å². The van der Waals surface area contributed by atoms with Gasteiger partial charge in [0.2, 0.25) is 5.75 Å². The fraction of sp³-hybridized carbons (Fsp3) is 0. The summed E-state index contributed by atoms with van der Waals surface area (Å²) >= 11 is 12.0. The van der Waals surface area contributed by atoms with Gasteiger partial charge in [-0.1, -0.05) is 40.5 Å². The minimum absolute atomic E-state index is 0.0000189. The number of benzene rings is 2. The van der Waals surface area contributed by atoms with Gasteiger partial charge in [-0.3, -0.25) is 10.1 Å². The number of hydrogen-bond acceptors (Lipinski definition) is 6. The third kappa shape index (κ3) is 3.19. The van der Waals surface area contributed by atoms with Crippen LogP contribution in [0.15, 0.2) is 47.1 Å². The number of oxime groups is 1. The third-order valence-corrected chi connectivity index (χ3v) is 3.97. The van der Waals surface area contributed by atoms with Gasteiger partial charge < -0.3 is 9.94 Å². The molecule has 25 heavy (non-hydrogen) atoms. The average Bonchev–Trinajstić information content (AvgIpc) is 2.90. The van der Waals surface area contributed by atoms with Crippen molar-refractivity contribution in [1.29, 1.82) is 0 Å². The van der Waals surface area contributed by atoms with Crippen molar-refractivity contribution >= 4 is 46.6 Å². The number of halogens is 2. The Morgan fingerprint density at radius 3 is 2.68 bits per heavy atom. The van der Waals surface area contributed by atoms with Crippen molar-refractivity contribution in [2.24, 2.45) is 5.16 Å². The molecule has 0 aromatic heterocycles. The fourth-order valence-corrected chi connectivity index (χ4v) is 2.75. The van der Waals surface area contributed by atoms with E-state index in [1.165, 1.54) is 24.3 Å². The SMILES string of the molecule is O=C1ON=C(c2ccc(Cl)cc2Cl)C1=Cc1cccc([N+](=O)[O-])c1O.